The van der Waals surface area contributed by atoms with Crippen molar-refractivity contribution >= 4 is 0 Å². The third kappa shape index (κ3) is 1.97. The van der Waals surface area contributed by atoms with E-state index in [2.05, 4.69) is 22.5 Å². The topological polar surface area (TPSA) is 29.9 Å². The zero-order valence-corrected chi connectivity index (χ0v) is 8.24. The van der Waals surface area contributed by atoms with Crippen LogP contribution in [0.3, 0.4) is 0 Å². The van der Waals surface area contributed by atoms with Crippen LogP contribution in [0.2, 0.25) is 0 Å². The Kier molecular flexibility index (Phi) is 2.85. The summed E-state index contributed by atoms with van der Waals surface area (Å²) < 4.78 is 1.82. The minimum Gasteiger partial charge on any atom is -0.316 e. The van der Waals surface area contributed by atoms with Gasteiger partial charge in [0.2, 0.25) is 0 Å². The predicted octanol–water partition coefficient (Wildman–Crippen LogP) is 0.983. The van der Waals surface area contributed by atoms with Crippen molar-refractivity contribution in [1.82, 2.24) is 15.1 Å². The summed E-state index contributed by atoms with van der Waals surface area (Å²) in [6, 6.07) is 0. The van der Waals surface area contributed by atoms with E-state index in [1.807, 2.05) is 10.9 Å². The highest BCUT2D eigenvalue weighted by molar-refractivity contribution is 5.13. The highest BCUT2D eigenvalue weighted by Gasteiger charge is 2.16. The summed E-state index contributed by atoms with van der Waals surface area (Å²) in [5.74, 6) is 3.21. The van der Waals surface area contributed by atoms with E-state index in [4.69, 9.17) is 6.42 Å². The van der Waals surface area contributed by atoms with Crippen LogP contribution in [0.4, 0.5) is 0 Å². The van der Waals surface area contributed by atoms with Crippen LogP contribution in [0, 0.1) is 12.3 Å². The quantitative estimate of drug-likeness (QED) is 0.703. The molecule has 0 spiro atoms. The Hall–Kier alpha value is -1.27. The molecule has 0 aliphatic carbocycles. The van der Waals surface area contributed by atoms with Gasteiger partial charge < -0.3 is 5.32 Å². The van der Waals surface area contributed by atoms with Gasteiger partial charge in [-0.1, -0.05) is 5.92 Å². The van der Waals surface area contributed by atoms with Crippen LogP contribution in [0.15, 0.2) is 12.4 Å². The van der Waals surface area contributed by atoms with Gasteiger partial charge in [-0.3, -0.25) is 4.68 Å². The van der Waals surface area contributed by atoms with Crippen molar-refractivity contribution in [3.05, 3.63) is 18.0 Å². The Morgan fingerprint density at radius 1 is 1.71 bits per heavy atom. The zero-order valence-electron chi connectivity index (χ0n) is 8.24. The van der Waals surface area contributed by atoms with Crippen LogP contribution in [-0.4, -0.2) is 22.9 Å². The summed E-state index contributed by atoms with van der Waals surface area (Å²) in [7, 11) is 0. The minimum atomic E-state index is 0.570. The molecule has 0 bridgehead atoms. The van der Waals surface area contributed by atoms with Crippen molar-refractivity contribution in [1.29, 1.82) is 0 Å². The molecule has 0 amide bonds. The summed E-state index contributed by atoms with van der Waals surface area (Å²) in [6.07, 6.45) is 11.7. The Labute approximate surface area is 84.5 Å². The van der Waals surface area contributed by atoms with Gasteiger partial charge in [0.15, 0.2) is 0 Å². The van der Waals surface area contributed by atoms with Gasteiger partial charge in [0.25, 0.3) is 0 Å². The molecule has 1 atom stereocenters. The van der Waals surface area contributed by atoms with Crippen LogP contribution in [-0.2, 0) is 6.54 Å². The lowest BCUT2D eigenvalue weighted by molar-refractivity contribution is 0.461. The molecular weight excluding hydrogens is 174 g/mol. The Balaban J connectivity index is 2.04. The predicted molar refractivity (Wildman–Crippen MR) is 55.9 cm³/mol. The van der Waals surface area contributed by atoms with Gasteiger partial charge in [0.1, 0.15) is 6.54 Å². The largest absolute Gasteiger partial charge is 0.316 e. The molecule has 1 saturated heterocycles. The maximum atomic E-state index is 5.23. The number of nitrogens with one attached hydrogen (secondary N) is 1. The molecule has 1 fully saturated rings. The highest BCUT2D eigenvalue weighted by atomic mass is 15.3. The molecule has 0 radical (unpaired) electrons. The number of piperidine rings is 1. The molecule has 0 aromatic carbocycles. The Bertz CT molecular complexity index is 329. The summed E-state index contributed by atoms with van der Waals surface area (Å²) in [5.41, 5.74) is 1.31. The lowest BCUT2D eigenvalue weighted by Crippen LogP contribution is -2.28. The van der Waals surface area contributed by atoms with E-state index >= 15 is 0 Å². The molecule has 3 heteroatoms. The fourth-order valence-electron chi connectivity index (χ4n) is 1.91. The monoisotopic (exact) mass is 189 g/mol. The number of hydrogen-bond donors (Lipinski definition) is 1. The molecule has 1 unspecified atom stereocenters. The van der Waals surface area contributed by atoms with Gasteiger partial charge in [-0.05, 0) is 30.9 Å². The first-order chi connectivity index (χ1) is 6.90. The zero-order chi connectivity index (χ0) is 9.80. The Morgan fingerprint density at radius 3 is 3.36 bits per heavy atom. The molecule has 1 aliphatic rings. The third-order valence-electron chi connectivity index (χ3n) is 2.67. The molecule has 14 heavy (non-hydrogen) atoms. The molecule has 3 nitrogen and oxygen atoms in total. The first-order valence-corrected chi connectivity index (χ1v) is 5.06. The van der Waals surface area contributed by atoms with Gasteiger partial charge in [0.05, 0.1) is 6.20 Å². The minimum absolute atomic E-state index is 0.570. The fraction of sp³-hybridized carbons (Fsp3) is 0.545. The second-order valence-electron chi connectivity index (χ2n) is 3.72. The van der Waals surface area contributed by atoms with Gasteiger partial charge in [-0.2, -0.15) is 5.10 Å². The van der Waals surface area contributed by atoms with E-state index in [9.17, 15) is 0 Å². The van der Waals surface area contributed by atoms with Crippen LogP contribution >= 0.6 is 0 Å². The fourth-order valence-corrected chi connectivity index (χ4v) is 1.91. The van der Waals surface area contributed by atoms with Crippen LogP contribution < -0.4 is 5.32 Å². The molecule has 1 aromatic heterocycles. The summed E-state index contributed by atoms with van der Waals surface area (Å²) in [5, 5.41) is 7.62. The van der Waals surface area contributed by atoms with Crippen molar-refractivity contribution in [3.63, 3.8) is 0 Å². The van der Waals surface area contributed by atoms with E-state index in [1.165, 1.54) is 18.4 Å². The SMILES string of the molecule is C#CCn1cc(C2CCCNC2)cn1. The van der Waals surface area contributed by atoms with Gasteiger partial charge >= 0.3 is 0 Å². The molecule has 74 valence electrons. The number of rotatable bonds is 2. The van der Waals surface area contributed by atoms with Crippen LogP contribution in [0.25, 0.3) is 0 Å². The first-order valence-electron chi connectivity index (χ1n) is 5.06. The number of aromatic nitrogens is 2. The standard InChI is InChI=1S/C11H15N3/c1-2-6-14-9-11(8-13-14)10-4-3-5-12-7-10/h1,8-10,12H,3-7H2. The summed E-state index contributed by atoms with van der Waals surface area (Å²) >= 11 is 0. The molecule has 1 aliphatic heterocycles. The average molecular weight is 189 g/mol. The maximum absolute atomic E-state index is 5.23. The molecule has 1 aromatic rings. The normalized spacial score (nSPS) is 21.8. The van der Waals surface area contributed by atoms with Crippen molar-refractivity contribution in [3.8, 4) is 12.3 Å². The second kappa shape index (κ2) is 4.30. The van der Waals surface area contributed by atoms with Crippen molar-refractivity contribution in [2.45, 2.75) is 25.3 Å². The van der Waals surface area contributed by atoms with Crippen molar-refractivity contribution in [2.24, 2.45) is 0 Å². The van der Waals surface area contributed by atoms with Crippen molar-refractivity contribution in [2.75, 3.05) is 13.1 Å². The average Bonchev–Trinajstić information content (AvgIpc) is 2.68. The van der Waals surface area contributed by atoms with Gasteiger partial charge in [-0.15, -0.1) is 6.42 Å². The van der Waals surface area contributed by atoms with Gasteiger partial charge in [-0.25, -0.2) is 0 Å². The first kappa shape index (κ1) is 9.29. The molecule has 0 saturated carbocycles. The van der Waals surface area contributed by atoms with E-state index < -0.39 is 0 Å². The van der Waals surface area contributed by atoms with Crippen LogP contribution in [0.5, 0.6) is 0 Å². The second-order valence-corrected chi connectivity index (χ2v) is 3.72. The molecule has 2 rings (SSSR count). The van der Waals surface area contributed by atoms with E-state index in [-0.39, 0.29) is 0 Å². The van der Waals surface area contributed by atoms with Gasteiger partial charge in [0, 0.05) is 12.7 Å². The molecular formula is C11H15N3. The van der Waals surface area contributed by atoms with E-state index in [1.54, 1.807) is 0 Å². The number of terminal acetylenes is 1. The molecule has 2 heterocycles. The number of nitrogens with zero attached hydrogens (tertiary/aromatic N) is 2. The lowest BCUT2D eigenvalue weighted by Gasteiger charge is -2.21. The summed E-state index contributed by atoms with van der Waals surface area (Å²) in [6.45, 7) is 2.79. The Morgan fingerprint density at radius 2 is 2.64 bits per heavy atom. The number of hydrogen-bond acceptors (Lipinski definition) is 2. The van der Waals surface area contributed by atoms with Crippen molar-refractivity contribution < 1.29 is 0 Å². The van der Waals surface area contributed by atoms with E-state index in [0.29, 0.717) is 12.5 Å². The van der Waals surface area contributed by atoms with Crippen LogP contribution in [0.1, 0.15) is 24.3 Å². The lowest BCUT2D eigenvalue weighted by atomic mass is 9.94. The summed E-state index contributed by atoms with van der Waals surface area (Å²) in [4.78, 5) is 0. The highest BCUT2D eigenvalue weighted by Crippen LogP contribution is 2.22. The smallest absolute Gasteiger partial charge is 0.101 e. The third-order valence-corrected chi connectivity index (χ3v) is 2.67. The molecule has 1 N–H and O–H groups in total. The maximum Gasteiger partial charge on any atom is 0.101 e. The van der Waals surface area contributed by atoms with E-state index in [0.717, 1.165) is 13.1 Å².